The van der Waals surface area contributed by atoms with E-state index in [0.717, 1.165) is 17.4 Å². The highest BCUT2D eigenvalue weighted by molar-refractivity contribution is 6.32. The fraction of sp³-hybridized carbons (Fsp3) is 0.235. The molecule has 0 spiro atoms. The topological polar surface area (TPSA) is 73.5 Å². The Morgan fingerprint density at radius 3 is 2.91 bits per heavy atom. The summed E-state index contributed by atoms with van der Waals surface area (Å²) in [6.45, 7) is 9.70. The van der Waals surface area contributed by atoms with E-state index in [4.69, 9.17) is 22.1 Å². The van der Waals surface area contributed by atoms with Gasteiger partial charge in [0, 0.05) is 12.4 Å². The highest BCUT2D eigenvalue weighted by atomic mass is 35.5. The van der Waals surface area contributed by atoms with E-state index in [1.165, 1.54) is 12.2 Å². The van der Waals surface area contributed by atoms with Crippen LogP contribution in [0.2, 0.25) is 0 Å². The third-order valence-electron chi connectivity index (χ3n) is 2.96. The molecule has 22 heavy (non-hydrogen) atoms. The first-order chi connectivity index (χ1) is 10.2. The zero-order valence-electron chi connectivity index (χ0n) is 12.5. The van der Waals surface area contributed by atoms with Crippen molar-refractivity contribution in [3.63, 3.8) is 0 Å². The Labute approximate surface area is 135 Å². The van der Waals surface area contributed by atoms with Crippen molar-refractivity contribution in [1.82, 2.24) is 0 Å². The number of carboxylic acids is 1. The second-order valence-corrected chi connectivity index (χ2v) is 6.05. The summed E-state index contributed by atoms with van der Waals surface area (Å²) in [6.07, 6.45) is 9.97. The van der Waals surface area contributed by atoms with Crippen LogP contribution in [-0.2, 0) is 4.79 Å². The molecule has 0 amide bonds. The average Bonchev–Trinajstić information content (AvgIpc) is 2.41. The lowest BCUT2D eigenvalue weighted by Crippen LogP contribution is -2.23. The summed E-state index contributed by atoms with van der Waals surface area (Å²) in [5.41, 5.74) is 2.44. The van der Waals surface area contributed by atoms with Crippen LogP contribution in [-0.4, -0.2) is 28.4 Å². The number of carbonyl (C=O) groups is 1. The van der Waals surface area contributed by atoms with E-state index in [2.05, 4.69) is 18.2 Å². The molecule has 1 aliphatic rings. The Bertz CT molecular complexity index is 623. The molecule has 1 atom stereocenters. The highest BCUT2D eigenvalue weighted by Crippen LogP contribution is 2.31. The van der Waals surface area contributed by atoms with Crippen LogP contribution in [0.15, 0.2) is 64.9 Å². The van der Waals surface area contributed by atoms with Crippen LogP contribution in [0.3, 0.4) is 0 Å². The smallest absolute Gasteiger partial charge is 0.335 e. The lowest BCUT2D eigenvalue weighted by Gasteiger charge is -2.24. The summed E-state index contributed by atoms with van der Waals surface area (Å²) >= 11 is 6.26. The van der Waals surface area contributed by atoms with Crippen molar-refractivity contribution < 1.29 is 9.90 Å². The minimum atomic E-state index is -1.07. The summed E-state index contributed by atoms with van der Waals surface area (Å²) < 4.78 is 0. The van der Waals surface area contributed by atoms with Gasteiger partial charge >= 0.3 is 5.97 Å². The summed E-state index contributed by atoms with van der Waals surface area (Å²) in [6, 6.07) is 0. The van der Waals surface area contributed by atoms with Gasteiger partial charge in [0.15, 0.2) is 0 Å². The van der Waals surface area contributed by atoms with Crippen molar-refractivity contribution in [2.75, 3.05) is 0 Å². The van der Waals surface area contributed by atoms with Gasteiger partial charge in [-0.05, 0) is 31.4 Å². The van der Waals surface area contributed by atoms with Crippen LogP contribution < -0.4 is 0 Å². The van der Waals surface area contributed by atoms with Gasteiger partial charge in [-0.15, -0.1) is 11.6 Å². The molecule has 0 aliphatic carbocycles. The summed E-state index contributed by atoms with van der Waals surface area (Å²) in [7, 11) is 0. The van der Waals surface area contributed by atoms with Crippen molar-refractivity contribution in [2.45, 2.75) is 24.6 Å². The van der Waals surface area contributed by atoms with E-state index < -0.39 is 10.8 Å². The van der Waals surface area contributed by atoms with Gasteiger partial charge in [0.25, 0.3) is 0 Å². The number of halogens is 1. The predicted molar refractivity (Wildman–Crippen MR) is 92.0 cm³/mol. The minimum absolute atomic E-state index is 0.0514. The van der Waals surface area contributed by atoms with Gasteiger partial charge in [0.05, 0.1) is 16.1 Å². The third kappa shape index (κ3) is 5.66. The maximum Gasteiger partial charge on any atom is 0.335 e. The minimum Gasteiger partial charge on any atom is -0.478 e. The molecule has 1 aliphatic heterocycles. The largest absolute Gasteiger partial charge is 0.478 e. The number of carboxylic acid groups (broad SMARTS) is 1. The second-order valence-electron chi connectivity index (χ2n) is 5.19. The first-order valence-corrected chi connectivity index (χ1v) is 7.05. The van der Waals surface area contributed by atoms with Gasteiger partial charge in [-0.2, -0.15) is 0 Å². The monoisotopic (exact) mass is 318 g/mol. The number of aliphatic imine (C=N–C) groups is 1. The van der Waals surface area contributed by atoms with Crippen LogP contribution in [0.25, 0.3) is 0 Å². The fourth-order valence-corrected chi connectivity index (χ4v) is 2.07. The van der Waals surface area contributed by atoms with E-state index in [9.17, 15) is 4.79 Å². The number of hydrogen-bond acceptors (Lipinski definition) is 3. The molecule has 0 aromatic heterocycles. The highest BCUT2D eigenvalue weighted by Gasteiger charge is 2.25. The molecular formula is C17H19ClN2O2. The van der Waals surface area contributed by atoms with Gasteiger partial charge in [-0.1, -0.05) is 37.0 Å². The van der Waals surface area contributed by atoms with Gasteiger partial charge < -0.3 is 10.5 Å². The zero-order chi connectivity index (χ0) is 16.8. The number of nitrogens with one attached hydrogen (secondary N) is 1. The maximum atomic E-state index is 10.9. The molecule has 5 heteroatoms. The van der Waals surface area contributed by atoms with Gasteiger partial charge in [-0.25, -0.2) is 4.79 Å². The van der Waals surface area contributed by atoms with E-state index in [1.54, 1.807) is 12.3 Å². The molecule has 0 radical (unpaired) electrons. The molecule has 4 nitrogen and oxygen atoms in total. The molecular weight excluding hydrogens is 300 g/mol. The Morgan fingerprint density at radius 2 is 2.32 bits per heavy atom. The number of nitrogens with zero attached hydrogens (tertiary/aromatic N) is 1. The Morgan fingerprint density at radius 1 is 1.64 bits per heavy atom. The molecule has 0 saturated carbocycles. The van der Waals surface area contributed by atoms with Crippen molar-refractivity contribution >= 4 is 30.0 Å². The van der Waals surface area contributed by atoms with E-state index in [1.807, 2.05) is 13.0 Å². The summed E-state index contributed by atoms with van der Waals surface area (Å²) in [5, 5.41) is 15.8. The Hall–Kier alpha value is -2.20. The summed E-state index contributed by atoms with van der Waals surface area (Å²) in [5.74, 6) is -1.07. The van der Waals surface area contributed by atoms with Crippen molar-refractivity contribution in [3.8, 4) is 0 Å². The van der Waals surface area contributed by atoms with E-state index >= 15 is 0 Å². The molecule has 1 heterocycles. The van der Waals surface area contributed by atoms with Crippen LogP contribution >= 0.6 is 11.6 Å². The SMILES string of the molecule is C=C(/C=C1/C[C@](C)(Cl)C=NC1=C)C/C=C/C(=C\C=N)C(=O)O. The fourth-order valence-electron chi connectivity index (χ4n) is 1.88. The molecule has 1 rings (SSSR count). The van der Waals surface area contributed by atoms with Crippen molar-refractivity contribution in [3.05, 3.63) is 59.9 Å². The first-order valence-electron chi connectivity index (χ1n) is 6.67. The van der Waals surface area contributed by atoms with Crippen LogP contribution in [0.5, 0.6) is 0 Å². The van der Waals surface area contributed by atoms with Crippen molar-refractivity contribution in [2.24, 2.45) is 4.99 Å². The first kappa shape index (κ1) is 17.9. The summed E-state index contributed by atoms with van der Waals surface area (Å²) in [4.78, 5) is 14.6. The number of alkyl halides is 1. The quantitative estimate of drug-likeness (QED) is 0.335. The van der Waals surface area contributed by atoms with E-state index in [0.29, 0.717) is 18.5 Å². The molecule has 0 saturated heterocycles. The van der Waals surface area contributed by atoms with Gasteiger partial charge in [0.2, 0.25) is 0 Å². The third-order valence-corrected chi connectivity index (χ3v) is 3.19. The number of hydrogen-bond donors (Lipinski definition) is 2. The van der Waals surface area contributed by atoms with Gasteiger partial charge in [-0.3, -0.25) is 4.99 Å². The van der Waals surface area contributed by atoms with Crippen LogP contribution in [0.4, 0.5) is 0 Å². The number of aliphatic carboxylic acids is 1. The number of rotatable bonds is 6. The van der Waals surface area contributed by atoms with Crippen LogP contribution in [0.1, 0.15) is 19.8 Å². The lowest BCUT2D eigenvalue weighted by molar-refractivity contribution is -0.132. The molecule has 0 unspecified atom stereocenters. The van der Waals surface area contributed by atoms with Gasteiger partial charge in [0.1, 0.15) is 0 Å². The van der Waals surface area contributed by atoms with Crippen molar-refractivity contribution in [1.29, 1.82) is 5.41 Å². The predicted octanol–water partition coefficient (Wildman–Crippen LogP) is 4.06. The second kappa shape index (κ2) is 7.71. The van der Waals surface area contributed by atoms with Crippen LogP contribution in [0, 0.1) is 5.41 Å². The maximum absolute atomic E-state index is 10.9. The molecule has 116 valence electrons. The molecule has 0 aromatic rings. The lowest BCUT2D eigenvalue weighted by atomic mass is 9.94. The Kier molecular flexibility index (Phi) is 6.25. The molecule has 2 N–H and O–H groups in total. The Balaban J connectivity index is 2.74. The zero-order valence-corrected chi connectivity index (χ0v) is 13.2. The standard InChI is InChI=1S/C17H19ClN2O2/c1-12(5-4-6-14(7-8-19)16(21)22)9-15-10-17(3,18)11-20-13(15)2/h4,6-9,11,19H,1-2,5,10H2,3H3,(H,21,22)/b6-4+,14-7+,15-9-,19-8?/t17-/m0/s1. The molecule has 0 aromatic carbocycles. The normalized spacial score (nSPS) is 24.0. The molecule has 0 fully saturated rings. The average molecular weight is 319 g/mol. The van der Waals surface area contributed by atoms with E-state index in [-0.39, 0.29) is 5.57 Å². The molecule has 0 bridgehead atoms. The number of allylic oxidation sites excluding steroid dienone is 5.